The van der Waals surface area contributed by atoms with E-state index in [1.165, 1.54) is 65.2 Å². The monoisotopic (exact) mass is 526 g/mol. The van der Waals surface area contributed by atoms with Gasteiger partial charge >= 0.3 is 11.9 Å². The lowest BCUT2D eigenvalue weighted by molar-refractivity contribution is -0.240. The van der Waals surface area contributed by atoms with Crippen LogP contribution in [0.15, 0.2) is 11.8 Å². The normalized spacial score (nSPS) is 49.3. The molecule has 5 aliphatic carbocycles. The zero-order valence-corrected chi connectivity index (χ0v) is 25.8. The van der Waals surface area contributed by atoms with E-state index in [1.54, 1.807) is 0 Å². The van der Waals surface area contributed by atoms with Crippen molar-refractivity contribution in [2.24, 2.45) is 56.2 Å². The van der Waals surface area contributed by atoms with Crippen molar-refractivity contribution in [3.05, 3.63) is 11.8 Å². The molecule has 0 aromatic carbocycles. The third kappa shape index (κ3) is 3.96. The van der Waals surface area contributed by atoms with Gasteiger partial charge in [0.15, 0.2) is 0 Å². The van der Waals surface area contributed by atoms with E-state index >= 15 is 0 Å². The number of ether oxygens (including phenoxy) is 2. The number of allylic oxidation sites excluding steroid dienone is 1. The molecular formula is C34H54O4. The molecule has 2 unspecified atom stereocenters. The van der Waals surface area contributed by atoms with Crippen LogP contribution in [0.3, 0.4) is 0 Å². The number of carbonyl (C=O) groups is 2. The average Bonchev–Trinajstić information content (AvgIpc) is 2.81. The molecule has 5 rings (SSSR count). The molecule has 4 fully saturated rings. The third-order valence-corrected chi connectivity index (χ3v) is 13.8. The highest BCUT2D eigenvalue weighted by molar-refractivity contribution is 5.68. The quantitative estimate of drug-likeness (QED) is 0.346. The van der Waals surface area contributed by atoms with Gasteiger partial charge in [-0.3, -0.25) is 9.59 Å². The zero-order valence-electron chi connectivity index (χ0n) is 25.8. The van der Waals surface area contributed by atoms with Crippen molar-refractivity contribution in [1.29, 1.82) is 0 Å². The highest BCUT2D eigenvalue weighted by atomic mass is 16.5. The summed E-state index contributed by atoms with van der Waals surface area (Å²) in [6.45, 7) is 20.9. The Morgan fingerprint density at radius 3 is 2.13 bits per heavy atom. The molecule has 0 radical (unpaired) electrons. The van der Waals surface area contributed by atoms with Gasteiger partial charge in [0.05, 0.1) is 5.41 Å². The number of rotatable bonds is 3. The van der Waals surface area contributed by atoms with Gasteiger partial charge in [0, 0.05) is 13.8 Å². The molecule has 0 N–H and O–H groups in total. The molecule has 0 heterocycles. The van der Waals surface area contributed by atoms with Crippen molar-refractivity contribution in [3.8, 4) is 0 Å². The first-order valence-electron chi connectivity index (χ1n) is 15.5. The third-order valence-electron chi connectivity index (χ3n) is 13.8. The second-order valence-corrected chi connectivity index (χ2v) is 16.4. The van der Waals surface area contributed by atoms with Crippen LogP contribution in [0.2, 0.25) is 0 Å². The first kappa shape index (κ1) is 28.2. The van der Waals surface area contributed by atoms with E-state index in [4.69, 9.17) is 9.47 Å². The summed E-state index contributed by atoms with van der Waals surface area (Å²) in [5, 5.41) is 0. The minimum atomic E-state index is -0.484. The maximum absolute atomic E-state index is 12.1. The molecule has 0 bridgehead atoms. The van der Waals surface area contributed by atoms with Crippen LogP contribution in [-0.2, 0) is 19.1 Å². The lowest BCUT2D eigenvalue weighted by Gasteiger charge is -2.73. The molecule has 4 heteroatoms. The van der Waals surface area contributed by atoms with Crippen LogP contribution >= 0.6 is 0 Å². The first-order valence-corrected chi connectivity index (χ1v) is 15.5. The van der Waals surface area contributed by atoms with E-state index in [1.807, 2.05) is 0 Å². The Morgan fingerprint density at radius 1 is 0.789 bits per heavy atom. The molecule has 0 aromatic heterocycles. The highest BCUT2D eigenvalue weighted by Gasteiger charge is 2.69. The molecule has 4 saturated carbocycles. The predicted molar refractivity (Wildman–Crippen MR) is 151 cm³/mol. The molecule has 0 aliphatic heterocycles. The van der Waals surface area contributed by atoms with E-state index in [0.717, 1.165) is 30.4 Å². The van der Waals surface area contributed by atoms with Gasteiger partial charge in [0.1, 0.15) is 12.4 Å². The highest BCUT2D eigenvalue weighted by Crippen LogP contribution is 2.76. The van der Waals surface area contributed by atoms with Gasteiger partial charge in [-0.05, 0) is 128 Å². The van der Waals surface area contributed by atoms with Gasteiger partial charge in [-0.2, -0.15) is 0 Å². The molecule has 0 spiro atoms. The summed E-state index contributed by atoms with van der Waals surface area (Å²) in [7, 11) is 0. The topological polar surface area (TPSA) is 52.6 Å². The largest absolute Gasteiger partial charge is 0.465 e. The molecule has 9 atom stereocenters. The van der Waals surface area contributed by atoms with Crippen LogP contribution in [0, 0.1) is 56.2 Å². The summed E-state index contributed by atoms with van der Waals surface area (Å²) in [5.74, 6) is 2.74. The molecule has 4 nitrogen and oxygen atoms in total. The van der Waals surface area contributed by atoms with Crippen LogP contribution in [0.1, 0.15) is 127 Å². The average molecular weight is 527 g/mol. The Morgan fingerprint density at radius 2 is 1.47 bits per heavy atom. The Kier molecular flexibility index (Phi) is 6.56. The lowest BCUT2D eigenvalue weighted by atomic mass is 9.32. The molecule has 0 aromatic rings. The summed E-state index contributed by atoms with van der Waals surface area (Å²) in [6.07, 6.45) is 15.0. The summed E-state index contributed by atoms with van der Waals surface area (Å²) in [5.41, 5.74) is 1.23. The molecule has 214 valence electrons. The van der Waals surface area contributed by atoms with Gasteiger partial charge in [0.25, 0.3) is 0 Å². The summed E-state index contributed by atoms with van der Waals surface area (Å²) >= 11 is 0. The summed E-state index contributed by atoms with van der Waals surface area (Å²) in [6, 6.07) is 0. The molecule has 38 heavy (non-hydrogen) atoms. The van der Waals surface area contributed by atoms with Crippen LogP contribution in [0.5, 0.6) is 0 Å². The Hall–Kier alpha value is -1.32. The van der Waals surface area contributed by atoms with Crippen LogP contribution < -0.4 is 0 Å². The minimum absolute atomic E-state index is 0.0894. The van der Waals surface area contributed by atoms with Gasteiger partial charge in [-0.15, -0.1) is 0 Å². The fraction of sp³-hybridized carbons (Fsp3) is 0.882. The number of hydrogen-bond donors (Lipinski definition) is 0. The maximum atomic E-state index is 12.1. The standard InChI is InChI=1S/C34H54O4/c1-22(35)37-21-32(7)26-12-15-34(9)27(31(26,6)14-13-28(32)38-23(2)36)11-10-24-25-20-29(3,4)16-17-30(25,5)18-19-33(24,34)8/h13,24-27H,10-12,14-21H2,1-9H3/t24-,25-,26?,27-,30-,31+,32?,33-,34-/m1/s1. The minimum Gasteiger partial charge on any atom is -0.465 e. The summed E-state index contributed by atoms with van der Waals surface area (Å²) in [4.78, 5) is 24.0. The Bertz CT molecular complexity index is 1030. The molecule has 0 saturated heterocycles. The molecule has 5 aliphatic rings. The lowest BCUT2D eigenvalue weighted by Crippen LogP contribution is -2.66. The fourth-order valence-corrected chi connectivity index (χ4v) is 11.5. The Balaban J connectivity index is 1.52. The smallest absolute Gasteiger partial charge is 0.307 e. The van der Waals surface area contributed by atoms with Crippen molar-refractivity contribution in [3.63, 3.8) is 0 Å². The van der Waals surface area contributed by atoms with E-state index in [-0.39, 0.29) is 24.0 Å². The van der Waals surface area contributed by atoms with Crippen molar-refractivity contribution < 1.29 is 19.1 Å². The van der Waals surface area contributed by atoms with Crippen molar-refractivity contribution in [2.45, 2.75) is 127 Å². The second kappa shape index (κ2) is 8.84. The van der Waals surface area contributed by atoms with Crippen molar-refractivity contribution >= 4 is 11.9 Å². The van der Waals surface area contributed by atoms with Crippen LogP contribution in [-0.4, -0.2) is 18.5 Å². The number of hydrogen-bond acceptors (Lipinski definition) is 4. The maximum Gasteiger partial charge on any atom is 0.307 e. The van der Waals surface area contributed by atoms with E-state index in [0.29, 0.717) is 33.5 Å². The van der Waals surface area contributed by atoms with Crippen molar-refractivity contribution in [2.75, 3.05) is 6.61 Å². The zero-order chi connectivity index (χ0) is 27.9. The molecular weight excluding hydrogens is 472 g/mol. The van der Waals surface area contributed by atoms with E-state index < -0.39 is 5.41 Å². The van der Waals surface area contributed by atoms with E-state index in [9.17, 15) is 9.59 Å². The van der Waals surface area contributed by atoms with Gasteiger partial charge in [-0.1, -0.05) is 41.5 Å². The first-order chi connectivity index (χ1) is 17.5. The number of fused-ring (bicyclic) bond motifs is 7. The fourth-order valence-electron chi connectivity index (χ4n) is 11.5. The number of carbonyl (C=O) groups excluding carboxylic acids is 2. The van der Waals surface area contributed by atoms with Gasteiger partial charge in [0.2, 0.25) is 0 Å². The van der Waals surface area contributed by atoms with Crippen LogP contribution in [0.25, 0.3) is 0 Å². The predicted octanol–water partition coefficient (Wildman–Crippen LogP) is 8.49. The van der Waals surface area contributed by atoms with E-state index in [2.05, 4.69) is 54.5 Å². The summed E-state index contributed by atoms with van der Waals surface area (Å²) < 4.78 is 11.5. The van der Waals surface area contributed by atoms with Crippen LogP contribution in [0.4, 0.5) is 0 Å². The van der Waals surface area contributed by atoms with Gasteiger partial charge < -0.3 is 9.47 Å². The molecule has 0 amide bonds. The Labute approximate surface area is 232 Å². The van der Waals surface area contributed by atoms with Gasteiger partial charge in [-0.25, -0.2) is 0 Å². The number of esters is 2. The SMILES string of the molecule is CC(=O)OCC1(C)C(OC(C)=O)=CC[C@@]2(C)C1CC[C@]1(C)[C@@H]2CC[C@@H]2[C@H]3CC(C)(C)CC[C@]3(C)CC[C@]21C. The second-order valence-electron chi connectivity index (χ2n) is 16.4. The van der Waals surface area contributed by atoms with Crippen molar-refractivity contribution in [1.82, 2.24) is 0 Å².